The Kier molecular flexibility index (Phi) is 5.09. The average Bonchev–Trinajstić information content (AvgIpc) is 2.85. The maximum Gasteiger partial charge on any atom is 0.330 e. The van der Waals surface area contributed by atoms with E-state index in [2.05, 4.69) is 33.8 Å². The van der Waals surface area contributed by atoms with Gasteiger partial charge < -0.3 is 9.84 Å². The molecule has 2 heterocycles. The molecule has 2 atom stereocenters. The monoisotopic (exact) mass is 314 g/mol. The van der Waals surface area contributed by atoms with Crippen molar-refractivity contribution in [1.29, 1.82) is 0 Å². The lowest BCUT2D eigenvalue weighted by Crippen LogP contribution is -2.32. The third kappa shape index (κ3) is 2.98. The van der Waals surface area contributed by atoms with Crippen molar-refractivity contribution in [2.45, 2.75) is 12.3 Å². The van der Waals surface area contributed by atoms with E-state index in [9.17, 15) is 9.59 Å². The normalized spacial score (nSPS) is 21.3. The van der Waals surface area contributed by atoms with Gasteiger partial charge in [-0.15, -0.1) is 12.8 Å². The predicted molar refractivity (Wildman–Crippen MR) is 69.0 cm³/mol. The van der Waals surface area contributed by atoms with Crippen molar-refractivity contribution < 1.29 is 9.84 Å². The van der Waals surface area contributed by atoms with Gasteiger partial charge in [-0.1, -0.05) is 6.08 Å². The molecule has 1 aromatic rings. The van der Waals surface area contributed by atoms with Crippen molar-refractivity contribution in [2.24, 2.45) is 0 Å². The quantitative estimate of drug-likeness (QED) is 0.594. The van der Waals surface area contributed by atoms with Crippen molar-refractivity contribution in [3.63, 3.8) is 0 Å². The molecule has 1 aliphatic heterocycles. The highest BCUT2D eigenvalue weighted by atomic mass is 79.9. The van der Waals surface area contributed by atoms with Crippen LogP contribution >= 0.6 is 15.9 Å². The Balaban J connectivity index is 0.000000771. The fourth-order valence-electron chi connectivity index (χ4n) is 1.40. The fraction of sp³-hybridized carbons (Fsp3) is 0.273. The first-order valence-corrected chi connectivity index (χ1v) is 5.70. The molecule has 0 fully saturated rings. The molecule has 0 radical (unpaired) electrons. The second kappa shape index (κ2) is 6.35. The van der Waals surface area contributed by atoms with E-state index in [1.165, 1.54) is 10.8 Å². The van der Waals surface area contributed by atoms with Crippen molar-refractivity contribution in [1.82, 2.24) is 9.55 Å². The number of rotatable bonds is 2. The Morgan fingerprint density at radius 2 is 2.11 bits per heavy atom. The Morgan fingerprint density at radius 3 is 2.67 bits per heavy atom. The SMILES string of the molecule is C#C.O=c1[nH]c(=O)n(C2C=CC(CO)O2)cc1Br. The number of nitrogens with zero attached hydrogens (tertiary/aromatic N) is 1. The second-order valence-electron chi connectivity index (χ2n) is 3.28. The smallest absolute Gasteiger partial charge is 0.330 e. The minimum atomic E-state index is -0.599. The zero-order valence-corrected chi connectivity index (χ0v) is 10.8. The van der Waals surface area contributed by atoms with E-state index in [0.29, 0.717) is 0 Å². The van der Waals surface area contributed by atoms with Crippen molar-refractivity contribution in [2.75, 3.05) is 6.61 Å². The summed E-state index contributed by atoms with van der Waals surface area (Å²) in [6.45, 7) is -0.147. The third-order valence-corrected chi connectivity index (χ3v) is 2.75. The van der Waals surface area contributed by atoms with E-state index in [4.69, 9.17) is 9.84 Å². The van der Waals surface area contributed by atoms with Gasteiger partial charge in [-0.2, -0.15) is 0 Å². The molecular formula is C11H11BrN2O4. The molecule has 0 bridgehead atoms. The molecule has 2 unspecified atom stereocenters. The van der Waals surface area contributed by atoms with Gasteiger partial charge >= 0.3 is 5.69 Å². The van der Waals surface area contributed by atoms with E-state index in [1.807, 2.05) is 0 Å². The Labute approximate surface area is 111 Å². The van der Waals surface area contributed by atoms with Crippen LogP contribution in [0, 0.1) is 12.8 Å². The molecule has 0 aliphatic carbocycles. The Bertz CT molecular complexity index is 572. The average molecular weight is 315 g/mol. The van der Waals surface area contributed by atoms with Gasteiger partial charge in [0, 0.05) is 6.20 Å². The van der Waals surface area contributed by atoms with Crippen LogP contribution in [0.25, 0.3) is 0 Å². The molecular weight excluding hydrogens is 304 g/mol. The number of H-pyrrole nitrogens is 1. The summed E-state index contributed by atoms with van der Waals surface area (Å²) in [6.07, 6.45) is 11.7. The molecule has 0 aromatic carbocycles. The summed E-state index contributed by atoms with van der Waals surface area (Å²) in [5.74, 6) is 0. The molecule has 0 amide bonds. The first-order valence-electron chi connectivity index (χ1n) is 4.91. The summed E-state index contributed by atoms with van der Waals surface area (Å²) in [5, 5.41) is 8.87. The largest absolute Gasteiger partial charge is 0.393 e. The van der Waals surface area contributed by atoms with Gasteiger partial charge in [-0.3, -0.25) is 14.3 Å². The number of terminal acetylenes is 1. The molecule has 96 valence electrons. The van der Waals surface area contributed by atoms with Gasteiger partial charge in [0.15, 0.2) is 6.23 Å². The lowest BCUT2D eigenvalue weighted by atomic mass is 10.4. The summed E-state index contributed by atoms with van der Waals surface area (Å²) in [4.78, 5) is 24.7. The third-order valence-electron chi connectivity index (χ3n) is 2.18. The van der Waals surface area contributed by atoms with Gasteiger partial charge in [0.1, 0.15) is 6.10 Å². The summed E-state index contributed by atoms with van der Waals surface area (Å²) in [7, 11) is 0. The number of aliphatic hydroxyl groups excluding tert-OH is 1. The summed E-state index contributed by atoms with van der Waals surface area (Å²) in [6, 6.07) is 0. The van der Waals surface area contributed by atoms with Crippen LogP contribution in [0.1, 0.15) is 6.23 Å². The fourth-order valence-corrected chi connectivity index (χ4v) is 1.72. The highest BCUT2D eigenvalue weighted by Crippen LogP contribution is 2.19. The summed E-state index contributed by atoms with van der Waals surface area (Å²) >= 11 is 3.03. The Morgan fingerprint density at radius 1 is 1.44 bits per heavy atom. The summed E-state index contributed by atoms with van der Waals surface area (Å²) in [5.41, 5.74) is -1.04. The van der Waals surface area contributed by atoms with E-state index in [-0.39, 0.29) is 11.1 Å². The van der Waals surface area contributed by atoms with E-state index in [1.54, 1.807) is 12.2 Å². The number of aliphatic hydroxyl groups is 1. The number of hydrogen-bond acceptors (Lipinski definition) is 4. The first kappa shape index (κ1) is 14.4. The van der Waals surface area contributed by atoms with E-state index >= 15 is 0 Å². The topological polar surface area (TPSA) is 84.3 Å². The standard InChI is InChI=1S/C9H9BrN2O4.C2H2/c10-6-3-12(9(15)11-8(6)14)7-2-1-5(4-13)16-7;1-2/h1-3,5,7,13H,4H2,(H,11,14,15);1-2H. The van der Waals surface area contributed by atoms with Crippen LogP contribution in [0.5, 0.6) is 0 Å². The minimum absolute atomic E-state index is 0.147. The lowest BCUT2D eigenvalue weighted by Gasteiger charge is -2.14. The molecule has 0 spiro atoms. The summed E-state index contributed by atoms with van der Waals surface area (Å²) < 4.78 is 6.81. The molecule has 0 saturated heterocycles. The van der Waals surface area contributed by atoms with Crippen molar-refractivity contribution in [3.05, 3.63) is 43.7 Å². The number of aromatic nitrogens is 2. The first-order chi connectivity index (χ1) is 8.61. The maximum atomic E-state index is 11.5. The highest BCUT2D eigenvalue weighted by Gasteiger charge is 2.21. The van der Waals surface area contributed by atoms with Gasteiger partial charge in [0.2, 0.25) is 0 Å². The van der Waals surface area contributed by atoms with E-state index in [0.717, 1.165) is 0 Å². The highest BCUT2D eigenvalue weighted by molar-refractivity contribution is 9.10. The number of nitrogens with one attached hydrogen (secondary N) is 1. The maximum absolute atomic E-state index is 11.5. The molecule has 1 aliphatic rings. The molecule has 1 aromatic heterocycles. The molecule has 6 nitrogen and oxygen atoms in total. The van der Waals surface area contributed by atoms with Gasteiger partial charge in [-0.25, -0.2) is 4.79 Å². The molecule has 2 N–H and O–H groups in total. The van der Waals surface area contributed by atoms with Crippen LogP contribution in [-0.4, -0.2) is 27.4 Å². The number of halogens is 1. The predicted octanol–water partition coefficient (Wildman–Crippen LogP) is -0.00560. The number of aromatic amines is 1. The van der Waals surface area contributed by atoms with Gasteiger partial charge in [0.25, 0.3) is 5.56 Å². The molecule has 7 heteroatoms. The van der Waals surface area contributed by atoms with Crippen LogP contribution in [0.2, 0.25) is 0 Å². The molecule has 18 heavy (non-hydrogen) atoms. The molecule has 2 rings (SSSR count). The minimum Gasteiger partial charge on any atom is -0.393 e. The second-order valence-corrected chi connectivity index (χ2v) is 4.13. The zero-order valence-electron chi connectivity index (χ0n) is 9.25. The van der Waals surface area contributed by atoms with Crippen LogP contribution in [-0.2, 0) is 4.74 Å². The van der Waals surface area contributed by atoms with Crippen molar-refractivity contribution in [3.8, 4) is 12.8 Å². The van der Waals surface area contributed by atoms with Crippen LogP contribution in [0.15, 0.2) is 32.4 Å². The molecule has 0 saturated carbocycles. The van der Waals surface area contributed by atoms with Crippen LogP contribution < -0.4 is 11.2 Å². The van der Waals surface area contributed by atoms with Crippen LogP contribution in [0.3, 0.4) is 0 Å². The van der Waals surface area contributed by atoms with Crippen molar-refractivity contribution >= 4 is 15.9 Å². The van der Waals surface area contributed by atoms with Gasteiger partial charge in [0.05, 0.1) is 11.1 Å². The lowest BCUT2D eigenvalue weighted by molar-refractivity contribution is -0.0104. The van der Waals surface area contributed by atoms with E-state index < -0.39 is 23.6 Å². The Hall–Kier alpha value is -1.62. The number of hydrogen-bond donors (Lipinski definition) is 2. The van der Waals surface area contributed by atoms with Crippen LogP contribution in [0.4, 0.5) is 0 Å². The number of ether oxygens (including phenoxy) is 1. The zero-order chi connectivity index (χ0) is 13.7. The van der Waals surface area contributed by atoms with Gasteiger partial charge in [-0.05, 0) is 22.0 Å².